The van der Waals surface area contributed by atoms with Crippen molar-refractivity contribution in [1.82, 2.24) is 14.5 Å². The van der Waals surface area contributed by atoms with E-state index in [0.29, 0.717) is 22.5 Å². The van der Waals surface area contributed by atoms with E-state index in [9.17, 15) is 18.3 Å². The Hall–Kier alpha value is -2.62. The largest absolute Gasteiger partial charge is 0.506 e. The molecule has 10 heteroatoms. The van der Waals surface area contributed by atoms with Gasteiger partial charge in [-0.1, -0.05) is 0 Å². The number of carbonyl (C=O) groups excluding carboxylic acids is 1. The fraction of sp³-hybridized carbons (Fsp3) is 0.375. The van der Waals surface area contributed by atoms with Gasteiger partial charge in [-0.25, -0.2) is 13.4 Å². The molecule has 2 N–H and O–H groups in total. The highest BCUT2D eigenvalue weighted by atomic mass is 32.2. The number of carbonyl (C=O) groups is 1. The first-order valence-electron chi connectivity index (χ1n) is 8.24. The van der Waals surface area contributed by atoms with Gasteiger partial charge in [0.05, 0.1) is 5.69 Å². The zero-order valence-electron chi connectivity index (χ0n) is 13.9. The number of aromatic hydroxyl groups is 1. The smallest absolute Gasteiger partial charge is 0.326 e. The first-order valence-corrected chi connectivity index (χ1v) is 9.68. The zero-order valence-corrected chi connectivity index (χ0v) is 14.8. The Morgan fingerprint density at radius 3 is 2.69 bits per heavy atom. The van der Waals surface area contributed by atoms with Crippen LogP contribution in [-0.2, 0) is 21.5 Å². The second-order valence-corrected chi connectivity index (χ2v) is 7.97. The molecule has 0 radical (unpaired) electrons. The molecule has 2 heterocycles. The van der Waals surface area contributed by atoms with Gasteiger partial charge in [0, 0.05) is 23.7 Å². The minimum absolute atomic E-state index is 0.0708. The number of nitrogens with one attached hydrogen (secondary N) is 1. The number of phenols is 1. The number of nitrogens with zero attached hydrogens (tertiary/aromatic N) is 3. The van der Waals surface area contributed by atoms with Gasteiger partial charge in [0.2, 0.25) is 0 Å². The van der Waals surface area contributed by atoms with Crippen LogP contribution in [0.5, 0.6) is 5.75 Å². The third-order valence-corrected chi connectivity index (χ3v) is 5.92. The zero-order chi connectivity index (χ0) is 18.6. The van der Waals surface area contributed by atoms with E-state index >= 15 is 4.39 Å². The molecule has 138 valence electrons. The summed E-state index contributed by atoms with van der Waals surface area (Å²) in [6.07, 6.45) is 2.13. The molecule has 2 fully saturated rings. The lowest BCUT2D eigenvalue weighted by molar-refractivity contribution is -0.117. The number of rotatable bonds is 4. The van der Waals surface area contributed by atoms with Gasteiger partial charge in [-0.3, -0.25) is 9.48 Å². The van der Waals surface area contributed by atoms with Crippen molar-refractivity contribution in [2.75, 3.05) is 10.8 Å². The van der Waals surface area contributed by atoms with Crippen LogP contribution in [0.3, 0.4) is 0 Å². The van der Waals surface area contributed by atoms with Crippen LogP contribution in [0.2, 0.25) is 0 Å². The summed E-state index contributed by atoms with van der Waals surface area (Å²) in [5, 5.41) is 14.4. The highest BCUT2D eigenvalue weighted by Crippen LogP contribution is 2.43. The molecule has 1 aromatic carbocycles. The van der Waals surface area contributed by atoms with E-state index in [1.165, 1.54) is 12.1 Å². The molecule has 0 spiro atoms. The monoisotopic (exact) mass is 380 g/mol. The van der Waals surface area contributed by atoms with Gasteiger partial charge >= 0.3 is 10.2 Å². The number of phenolic OH excluding ortho intramolecular Hbond substituents is 1. The first kappa shape index (κ1) is 16.8. The van der Waals surface area contributed by atoms with Crippen LogP contribution in [0.25, 0.3) is 11.3 Å². The van der Waals surface area contributed by atoms with Crippen LogP contribution < -0.4 is 9.03 Å². The van der Waals surface area contributed by atoms with Gasteiger partial charge in [0.1, 0.15) is 18.0 Å². The summed E-state index contributed by atoms with van der Waals surface area (Å²) >= 11 is 0. The number of aromatic nitrogens is 2. The van der Waals surface area contributed by atoms with E-state index < -0.39 is 39.9 Å². The summed E-state index contributed by atoms with van der Waals surface area (Å²) in [4.78, 5) is 11.4. The van der Waals surface area contributed by atoms with Crippen LogP contribution in [-0.4, -0.2) is 35.8 Å². The maximum atomic E-state index is 15.1. The number of halogens is 1. The summed E-state index contributed by atoms with van der Waals surface area (Å²) in [6, 6.07) is 4.35. The minimum Gasteiger partial charge on any atom is -0.506 e. The van der Waals surface area contributed by atoms with E-state index in [0.717, 1.165) is 18.5 Å². The lowest BCUT2D eigenvalue weighted by atomic mass is 10.1. The van der Waals surface area contributed by atoms with Gasteiger partial charge in [-0.15, -0.1) is 0 Å². The number of hydrogen-bond acceptors (Lipinski definition) is 5. The van der Waals surface area contributed by atoms with Crippen LogP contribution in [0.4, 0.5) is 10.1 Å². The first-order chi connectivity index (χ1) is 12.3. The summed E-state index contributed by atoms with van der Waals surface area (Å²) in [5.74, 6) is -1.88. The second-order valence-electron chi connectivity index (χ2n) is 6.38. The van der Waals surface area contributed by atoms with Crippen molar-refractivity contribution in [3.05, 3.63) is 29.7 Å². The third kappa shape index (κ3) is 2.61. The Balaban J connectivity index is 1.84. The summed E-state index contributed by atoms with van der Waals surface area (Å²) in [7, 11) is -4.24. The fourth-order valence-electron chi connectivity index (χ4n) is 3.16. The molecule has 0 bridgehead atoms. The molecular formula is C16H17FN4O4S. The van der Waals surface area contributed by atoms with Crippen molar-refractivity contribution in [3.63, 3.8) is 0 Å². The molecule has 4 rings (SSSR count). The van der Waals surface area contributed by atoms with Crippen LogP contribution in [0, 0.1) is 5.82 Å². The average Bonchev–Trinajstić information content (AvgIpc) is 3.26. The Kier molecular flexibility index (Phi) is 3.69. The van der Waals surface area contributed by atoms with Crippen molar-refractivity contribution < 1.29 is 22.7 Å². The number of benzene rings is 1. The predicted octanol–water partition coefficient (Wildman–Crippen LogP) is 1.47. The molecule has 1 aromatic heterocycles. The standard InChI is InChI=1S/C16H17FN4O4S/c1-2-20-12(9-3-4-9)7-11(18-20)10-5-6-13(22)16(15(10)17)21-8-14(23)19-26(21,24)25/h5-7,9,22H,2-4,8H2,1H3,(H,19,23). The summed E-state index contributed by atoms with van der Waals surface area (Å²) in [6.45, 7) is 1.99. The van der Waals surface area contributed by atoms with E-state index in [1.54, 1.807) is 15.5 Å². The van der Waals surface area contributed by atoms with Gasteiger partial charge in [-0.05, 0) is 38.0 Å². The third-order valence-electron chi connectivity index (χ3n) is 4.55. The second kappa shape index (κ2) is 5.70. The van der Waals surface area contributed by atoms with Crippen LogP contribution >= 0.6 is 0 Å². The van der Waals surface area contributed by atoms with Crippen molar-refractivity contribution in [3.8, 4) is 17.0 Å². The highest BCUT2D eigenvalue weighted by molar-refractivity contribution is 7.92. The normalized spacial score (nSPS) is 19.0. The molecular weight excluding hydrogens is 363 g/mol. The molecule has 1 saturated heterocycles. The molecule has 0 unspecified atom stereocenters. The maximum Gasteiger partial charge on any atom is 0.326 e. The molecule has 1 aliphatic heterocycles. The van der Waals surface area contributed by atoms with E-state index in [2.05, 4.69) is 5.10 Å². The van der Waals surface area contributed by atoms with Gasteiger partial charge in [-0.2, -0.15) is 13.5 Å². The van der Waals surface area contributed by atoms with E-state index in [-0.39, 0.29) is 5.56 Å². The highest BCUT2D eigenvalue weighted by Gasteiger charge is 2.38. The van der Waals surface area contributed by atoms with E-state index in [4.69, 9.17) is 0 Å². The van der Waals surface area contributed by atoms with Crippen molar-refractivity contribution >= 4 is 21.8 Å². The number of hydrogen-bond donors (Lipinski definition) is 2. The number of aryl methyl sites for hydroxylation is 1. The topological polar surface area (TPSA) is 105 Å². The van der Waals surface area contributed by atoms with Gasteiger partial charge < -0.3 is 5.11 Å². The molecule has 8 nitrogen and oxygen atoms in total. The Labute approximate surface area is 149 Å². The molecule has 1 amide bonds. The lowest BCUT2D eigenvalue weighted by Crippen LogP contribution is -2.30. The predicted molar refractivity (Wildman–Crippen MR) is 91.3 cm³/mol. The van der Waals surface area contributed by atoms with E-state index in [1.807, 2.05) is 6.92 Å². The molecule has 1 saturated carbocycles. The summed E-state index contributed by atoms with van der Waals surface area (Å²) < 4.78 is 43.3. The fourth-order valence-corrected chi connectivity index (χ4v) is 4.32. The molecule has 26 heavy (non-hydrogen) atoms. The van der Waals surface area contributed by atoms with Crippen LogP contribution in [0.1, 0.15) is 31.4 Å². The van der Waals surface area contributed by atoms with Gasteiger partial charge in [0.15, 0.2) is 5.82 Å². The molecule has 2 aliphatic rings. The average molecular weight is 380 g/mol. The Morgan fingerprint density at radius 1 is 1.38 bits per heavy atom. The lowest BCUT2D eigenvalue weighted by Gasteiger charge is -2.18. The minimum atomic E-state index is -4.24. The van der Waals surface area contributed by atoms with Gasteiger partial charge in [0.25, 0.3) is 5.91 Å². The van der Waals surface area contributed by atoms with Crippen molar-refractivity contribution in [2.45, 2.75) is 32.2 Å². The maximum absolute atomic E-state index is 15.1. The molecule has 2 aromatic rings. The Morgan fingerprint density at radius 2 is 2.12 bits per heavy atom. The quantitative estimate of drug-likeness (QED) is 0.836. The molecule has 0 atom stereocenters. The molecule has 1 aliphatic carbocycles. The number of amides is 1. The number of anilines is 1. The SMILES string of the molecule is CCn1nc(-c2ccc(O)c(N3CC(=O)NS3(=O)=O)c2F)cc1C1CC1. The van der Waals surface area contributed by atoms with Crippen molar-refractivity contribution in [2.24, 2.45) is 0 Å². The summed E-state index contributed by atoms with van der Waals surface area (Å²) in [5.41, 5.74) is 0.895. The van der Waals surface area contributed by atoms with Crippen LogP contribution in [0.15, 0.2) is 18.2 Å². The Bertz CT molecular complexity index is 1010. The van der Waals surface area contributed by atoms with Crippen molar-refractivity contribution in [1.29, 1.82) is 0 Å².